The fourth-order valence-electron chi connectivity index (χ4n) is 2.60. The average Bonchev–Trinajstić information content (AvgIpc) is 3.10. The second-order valence-corrected chi connectivity index (χ2v) is 5.26. The number of aryl methyl sites for hydroxylation is 1. The number of aromatic nitrogens is 3. The lowest BCUT2D eigenvalue weighted by Crippen LogP contribution is -2.39. The third-order valence-electron chi connectivity index (χ3n) is 3.60. The lowest BCUT2D eigenvalue weighted by atomic mass is 10.2. The van der Waals surface area contributed by atoms with Crippen molar-refractivity contribution in [3.63, 3.8) is 0 Å². The first-order chi connectivity index (χ1) is 10.0. The van der Waals surface area contributed by atoms with Crippen LogP contribution in [-0.2, 0) is 18.4 Å². The number of carbonyl (C=O) groups excluding carboxylic acids is 1. The summed E-state index contributed by atoms with van der Waals surface area (Å²) in [6.45, 7) is 0.484. The smallest absolute Gasteiger partial charge is 0.234 e. The van der Waals surface area contributed by atoms with Crippen molar-refractivity contribution in [2.75, 3.05) is 6.54 Å². The first kappa shape index (κ1) is 13.7. The Morgan fingerprint density at radius 2 is 2.43 bits per heavy atom. The summed E-state index contributed by atoms with van der Waals surface area (Å²) >= 11 is 0. The van der Waals surface area contributed by atoms with Gasteiger partial charge in [-0.1, -0.05) is 5.16 Å². The van der Waals surface area contributed by atoms with Gasteiger partial charge >= 0.3 is 0 Å². The molecule has 2 aromatic rings. The number of halogens is 1. The molecule has 1 fully saturated rings. The van der Waals surface area contributed by atoms with Crippen LogP contribution in [0.5, 0.6) is 0 Å². The average molecular weight is 293 g/mol. The minimum atomic E-state index is -1.04. The Bertz CT molecular complexity index is 653. The molecule has 0 bridgehead atoms. The van der Waals surface area contributed by atoms with E-state index >= 15 is 0 Å². The normalized spacial score (nSPS) is 22.8. The van der Waals surface area contributed by atoms with Crippen molar-refractivity contribution in [1.82, 2.24) is 19.8 Å². The molecule has 0 aromatic carbocycles. The van der Waals surface area contributed by atoms with Gasteiger partial charge in [-0.3, -0.25) is 14.4 Å². The summed E-state index contributed by atoms with van der Waals surface area (Å²) in [5.41, 5.74) is 6.79. The molecule has 1 saturated heterocycles. The number of primary amides is 1. The number of nitrogens with zero attached hydrogens (tertiary/aromatic N) is 4. The molecule has 3 rings (SSSR count). The molecule has 2 aromatic heterocycles. The van der Waals surface area contributed by atoms with Crippen LogP contribution in [0, 0.1) is 0 Å². The summed E-state index contributed by atoms with van der Waals surface area (Å²) in [6.07, 6.45) is 2.60. The zero-order chi connectivity index (χ0) is 15.0. The molecule has 2 N–H and O–H groups in total. The standard InChI is InChI=1S/C13H16FN5O2/c1-18-5-8(4-16-18)11-3-10(21-17-11)7-19-6-9(14)2-12(19)13(15)20/h3-5,9,12H,2,6-7H2,1H3,(H2,15,20)/t9-,12+/m1/s1. The van der Waals surface area contributed by atoms with E-state index in [2.05, 4.69) is 10.3 Å². The molecule has 0 aliphatic carbocycles. The van der Waals surface area contributed by atoms with Crippen molar-refractivity contribution in [3.8, 4) is 11.3 Å². The molecule has 0 radical (unpaired) electrons. The van der Waals surface area contributed by atoms with Crippen LogP contribution in [0.2, 0.25) is 0 Å². The van der Waals surface area contributed by atoms with E-state index in [0.717, 1.165) is 5.56 Å². The molecule has 8 heteroatoms. The van der Waals surface area contributed by atoms with Crippen LogP contribution in [0.25, 0.3) is 11.3 Å². The van der Waals surface area contributed by atoms with Gasteiger partial charge in [0.05, 0.1) is 18.8 Å². The van der Waals surface area contributed by atoms with Crippen LogP contribution in [0.3, 0.4) is 0 Å². The first-order valence-corrected chi connectivity index (χ1v) is 6.65. The predicted octanol–water partition coefficient (Wildman–Crippen LogP) is 0.473. The van der Waals surface area contributed by atoms with Gasteiger partial charge in [0.25, 0.3) is 0 Å². The molecule has 1 aliphatic heterocycles. The number of hydrogen-bond donors (Lipinski definition) is 1. The lowest BCUT2D eigenvalue weighted by Gasteiger charge is -2.19. The third-order valence-corrected chi connectivity index (χ3v) is 3.60. The monoisotopic (exact) mass is 293 g/mol. The van der Waals surface area contributed by atoms with Crippen LogP contribution in [0.15, 0.2) is 23.0 Å². The highest BCUT2D eigenvalue weighted by molar-refractivity contribution is 5.80. The molecular formula is C13H16FN5O2. The highest BCUT2D eigenvalue weighted by atomic mass is 19.1. The topological polar surface area (TPSA) is 90.2 Å². The minimum Gasteiger partial charge on any atom is -0.368 e. The zero-order valence-electron chi connectivity index (χ0n) is 11.6. The van der Waals surface area contributed by atoms with Gasteiger partial charge in [-0.05, 0) is 0 Å². The molecule has 7 nitrogen and oxygen atoms in total. The number of alkyl halides is 1. The van der Waals surface area contributed by atoms with Crippen molar-refractivity contribution < 1.29 is 13.7 Å². The number of hydrogen-bond acceptors (Lipinski definition) is 5. The summed E-state index contributed by atoms with van der Waals surface area (Å²) < 4.78 is 20.4. The summed E-state index contributed by atoms with van der Waals surface area (Å²) in [5.74, 6) is 0.0522. The van der Waals surface area contributed by atoms with Gasteiger partial charge in [-0.15, -0.1) is 0 Å². The van der Waals surface area contributed by atoms with E-state index < -0.39 is 18.1 Å². The van der Waals surface area contributed by atoms with Gasteiger partial charge in [0.2, 0.25) is 5.91 Å². The fourth-order valence-corrected chi connectivity index (χ4v) is 2.60. The van der Waals surface area contributed by atoms with Crippen LogP contribution >= 0.6 is 0 Å². The summed E-state index contributed by atoms with van der Waals surface area (Å²) in [5, 5.41) is 8.03. The molecule has 1 amide bonds. The minimum absolute atomic E-state index is 0.138. The highest BCUT2D eigenvalue weighted by Gasteiger charge is 2.36. The quantitative estimate of drug-likeness (QED) is 0.885. The van der Waals surface area contributed by atoms with Crippen LogP contribution in [-0.4, -0.2) is 44.5 Å². The van der Waals surface area contributed by atoms with E-state index in [0.29, 0.717) is 18.0 Å². The van der Waals surface area contributed by atoms with Crippen molar-refractivity contribution >= 4 is 5.91 Å². The Hall–Kier alpha value is -2.22. The van der Waals surface area contributed by atoms with Gasteiger partial charge in [0.1, 0.15) is 11.9 Å². The van der Waals surface area contributed by atoms with Crippen molar-refractivity contribution in [2.24, 2.45) is 12.8 Å². The van der Waals surface area contributed by atoms with Gasteiger partial charge in [0, 0.05) is 37.8 Å². The summed E-state index contributed by atoms with van der Waals surface area (Å²) in [4.78, 5) is 13.0. The van der Waals surface area contributed by atoms with Crippen LogP contribution in [0.1, 0.15) is 12.2 Å². The van der Waals surface area contributed by atoms with Gasteiger partial charge in [0.15, 0.2) is 5.76 Å². The zero-order valence-corrected chi connectivity index (χ0v) is 11.6. The Balaban J connectivity index is 1.74. The molecule has 0 saturated carbocycles. The first-order valence-electron chi connectivity index (χ1n) is 6.65. The predicted molar refractivity (Wildman–Crippen MR) is 71.6 cm³/mol. The van der Waals surface area contributed by atoms with E-state index in [9.17, 15) is 9.18 Å². The molecule has 0 spiro atoms. The molecule has 112 valence electrons. The van der Waals surface area contributed by atoms with Crippen molar-refractivity contribution in [2.45, 2.75) is 25.2 Å². The fraction of sp³-hybridized carbons (Fsp3) is 0.462. The second kappa shape index (κ2) is 5.28. The maximum atomic E-state index is 13.5. The van der Waals surface area contributed by atoms with E-state index in [1.165, 1.54) is 0 Å². The molecule has 21 heavy (non-hydrogen) atoms. The van der Waals surface area contributed by atoms with Crippen LogP contribution in [0.4, 0.5) is 4.39 Å². The number of amides is 1. The third kappa shape index (κ3) is 2.80. The van der Waals surface area contributed by atoms with E-state index in [1.807, 2.05) is 13.2 Å². The Labute approximate surface area is 120 Å². The SMILES string of the molecule is Cn1cc(-c2cc(CN3C[C@H](F)C[C@H]3C(N)=O)on2)cn1. The van der Waals surface area contributed by atoms with Crippen molar-refractivity contribution in [1.29, 1.82) is 0 Å². The van der Waals surface area contributed by atoms with E-state index in [1.54, 1.807) is 21.8 Å². The van der Waals surface area contributed by atoms with E-state index in [-0.39, 0.29) is 13.0 Å². The maximum absolute atomic E-state index is 13.5. The van der Waals surface area contributed by atoms with Gasteiger partial charge in [-0.2, -0.15) is 5.10 Å². The Kier molecular flexibility index (Phi) is 3.46. The maximum Gasteiger partial charge on any atom is 0.234 e. The second-order valence-electron chi connectivity index (χ2n) is 5.26. The van der Waals surface area contributed by atoms with Gasteiger partial charge < -0.3 is 10.3 Å². The van der Waals surface area contributed by atoms with Crippen molar-refractivity contribution in [3.05, 3.63) is 24.2 Å². The molecule has 2 atom stereocenters. The summed E-state index contributed by atoms with van der Waals surface area (Å²) in [7, 11) is 1.81. The molecule has 3 heterocycles. The highest BCUT2D eigenvalue weighted by Crippen LogP contribution is 2.24. The molecular weight excluding hydrogens is 277 g/mol. The number of likely N-dealkylation sites (tertiary alicyclic amines) is 1. The Morgan fingerprint density at radius 1 is 1.62 bits per heavy atom. The molecule has 1 aliphatic rings. The number of carbonyl (C=O) groups is 1. The number of nitrogens with two attached hydrogens (primary N) is 1. The van der Waals surface area contributed by atoms with Crippen LogP contribution < -0.4 is 5.73 Å². The summed E-state index contributed by atoms with van der Waals surface area (Å²) in [6, 6.07) is 1.17. The Morgan fingerprint density at radius 3 is 3.10 bits per heavy atom. The number of rotatable bonds is 4. The van der Waals surface area contributed by atoms with Gasteiger partial charge in [-0.25, -0.2) is 4.39 Å². The largest absolute Gasteiger partial charge is 0.368 e. The lowest BCUT2D eigenvalue weighted by molar-refractivity contribution is -0.122. The van der Waals surface area contributed by atoms with E-state index in [4.69, 9.17) is 10.3 Å². The molecule has 0 unspecified atom stereocenters.